The Bertz CT molecular complexity index is 894. The number of amides is 1. The van der Waals surface area contributed by atoms with Gasteiger partial charge in [0, 0.05) is 23.2 Å². The quantitative estimate of drug-likeness (QED) is 0.736. The lowest BCUT2D eigenvalue weighted by molar-refractivity contribution is -0.114. The smallest absolute Gasteiger partial charge is 0.250 e. The van der Waals surface area contributed by atoms with Crippen LogP contribution in [0.1, 0.15) is 5.56 Å². The lowest BCUT2D eigenvalue weighted by Crippen LogP contribution is -2.26. The highest BCUT2D eigenvalue weighted by atomic mass is 16.2. The SMILES string of the molecule is C=CC(=O)N1CCc2ccc(-c3n[nH]c4ccccc34)cc21. The van der Waals surface area contributed by atoms with Gasteiger partial charge in [-0.15, -0.1) is 0 Å². The molecular weight excluding hydrogens is 274 g/mol. The second-order valence-corrected chi connectivity index (χ2v) is 5.41. The fourth-order valence-corrected chi connectivity index (χ4v) is 3.05. The van der Waals surface area contributed by atoms with Crippen molar-refractivity contribution in [1.82, 2.24) is 10.2 Å². The maximum Gasteiger partial charge on any atom is 0.250 e. The predicted octanol–water partition coefficient (Wildman–Crippen LogP) is 3.31. The van der Waals surface area contributed by atoms with Crippen molar-refractivity contribution in [2.45, 2.75) is 6.42 Å². The number of hydrogen-bond acceptors (Lipinski definition) is 2. The normalized spacial score (nSPS) is 13.4. The number of aromatic amines is 1. The summed E-state index contributed by atoms with van der Waals surface area (Å²) in [5.74, 6) is -0.0530. The van der Waals surface area contributed by atoms with Gasteiger partial charge in [-0.2, -0.15) is 5.10 Å². The average Bonchev–Trinajstić information content (AvgIpc) is 3.17. The zero-order valence-electron chi connectivity index (χ0n) is 12.0. The molecule has 2 aromatic carbocycles. The van der Waals surface area contributed by atoms with Gasteiger partial charge in [0.1, 0.15) is 0 Å². The summed E-state index contributed by atoms with van der Waals surface area (Å²) in [4.78, 5) is 13.8. The van der Waals surface area contributed by atoms with Crippen LogP contribution in [-0.4, -0.2) is 22.6 Å². The summed E-state index contributed by atoms with van der Waals surface area (Å²) in [5.41, 5.74) is 5.10. The van der Waals surface area contributed by atoms with Gasteiger partial charge >= 0.3 is 0 Å². The summed E-state index contributed by atoms with van der Waals surface area (Å²) in [6.07, 6.45) is 2.25. The van der Waals surface area contributed by atoms with Crippen molar-refractivity contribution in [2.75, 3.05) is 11.4 Å². The van der Waals surface area contributed by atoms with Crippen LogP contribution in [0.4, 0.5) is 5.69 Å². The molecule has 4 nitrogen and oxygen atoms in total. The molecule has 2 heterocycles. The van der Waals surface area contributed by atoms with Crippen molar-refractivity contribution in [1.29, 1.82) is 0 Å². The van der Waals surface area contributed by atoms with Crippen molar-refractivity contribution in [3.63, 3.8) is 0 Å². The first-order valence-corrected chi connectivity index (χ1v) is 7.28. The first kappa shape index (κ1) is 12.8. The maximum atomic E-state index is 12.0. The van der Waals surface area contributed by atoms with Gasteiger partial charge in [0.25, 0.3) is 0 Å². The van der Waals surface area contributed by atoms with E-state index >= 15 is 0 Å². The number of nitrogens with one attached hydrogen (secondary N) is 1. The topological polar surface area (TPSA) is 49.0 Å². The minimum Gasteiger partial charge on any atom is -0.308 e. The van der Waals surface area contributed by atoms with Crippen molar-refractivity contribution >= 4 is 22.5 Å². The van der Waals surface area contributed by atoms with Crippen molar-refractivity contribution in [3.05, 3.63) is 60.7 Å². The van der Waals surface area contributed by atoms with Gasteiger partial charge in [0.05, 0.1) is 11.2 Å². The summed E-state index contributed by atoms with van der Waals surface area (Å²) >= 11 is 0. The van der Waals surface area contributed by atoms with Crippen LogP contribution in [0.2, 0.25) is 0 Å². The second-order valence-electron chi connectivity index (χ2n) is 5.41. The number of benzene rings is 2. The predicted molar refractivity (Wildman–Crippen MR) is 87.8 cm³/mol. The molecular formula is C18H15N3O. The first-order valence-electron chi connectivity index (χ1n) is 7.28. The van der Waals surface area contributed by atoms with E-state index in [1.54, 1.807) is 4.90 Å². The van der Waals surface area contributed by atoms with Crippen LogP contribution in [0.3, 0.4) is 0 Å². The highest BCUT2D eigenvalue weighted by Crippen LogP contribution is 2.34. The number of hydrogen-bond donors (Lipinski definition) is 1. The Morgan fingerprint density at radius 2 is 2.14 bits per heavy atom. The molecule has 3 aromatic rings. The molecule has 0 aliphatic carbocycles. The first-order chi connectivity index (χ1) is 10.8. The number of para-hydroxylation sites is 1. The molecule has 1 aromatic heterocycles. The van der Waals surface area contributed by atoms with Crippen molar-refractivity contribution in [3.8, 4) is 11.3 Å². The molecule has 108 valence electrons. The second kappa shape index (κ2) is 4.84. The van der Waals surface area contributed by atoms with E-state index in [1.807, 2.05) is 30.3 Å². The molecule has 0 radical (unpaired) electrons. The maximum absolute atomic E-state index is 12.0. The zero-order chi connectivity index (χ0) is 15.1. The summed E-state index contributed by atoms with van der Waals surface area (Å²) in [7, 11) is 0. The Labute approximate surface area is 128 Å². The van der Waals surface area contributed by atoms with Gasteiger partial charge in [-0.3, -0.25) is 9.89 Å². The highest BCUT2D eigenvalue weighted by Gasteiger charge is 2.23. The van der Waals surface area contributed by atoms with E-state index in [-0.39, 0.29) is 5.91 Å². The summed E-state index contributed by atoms with van der Waals surface area (Å²) < 4.78 is 0. The zero-order valence-corrected chi connectivity index (χ0v) is 12.0. The lowest BCUT2D eigenvalue weighted by atomic mass is 10.0. The van der Waals surface area contributed by atoms with Gasteiger partial charge < -0.3 is 4.90 Å². The van der Waals surface area contributed by atoms with E-state index in [9.17, 15) is 4.79 Å². The van der Waals surface area contributed by atoms with Crippen molar-refractivity contribution < 1.29 is 4.79 Å². The summed E-state index contributed by atoms with van der Waals surface area (Å²) in [5, 5.41) is 8.57. The summed E-state index contributed by atoms with van der Waals surface area (Å²) in [6, 6.07) is 14.3. The Balaban J connectivity index is 1.85. The number of carbonyl (C=O) groups is 1. The van der Waals surface area contributed by atoms with Gasteiger partial charge in [-0.25, -0.2) is 0 Å². The number of aromatic nitrogens is 2. The lowest BCUT2D eigenvalue weighted by Gasteiger charge is -2.15. The molecule has 0 fully saturated rings. The minimum absolute atomic E-state index is 0.0530. The number of fused-ring (bicyclic) bond motifs is 2. The Kier molecular flexibility index (Phi) is 2.82. The Hall–Kier alpha value is -2.88. The molecule has 1 amide bonds. The van der Waals surface area contributed by atoms with Crippen LogP contribution in [-0.2, 0) is 11.2 Å². The molecule has 0 unspecified atom stereocenters. The van der Waals surface area contributed by atoms with Gasteiger partial charge in [0.15, 0.2) is 0 Å². The van der Waals surface area contributed by atoms with E-state index in [4.69, 9.17) is 0 Å². The average molecular weight is 289 g/mol. The molecule has 1 N–H and O–H groups in total. The fourth-order valence-electron chi connectivity index (χ4n) is 3.05. The largest absolute Gasteiger partial charge is 0.308 e. The third-order valence-electron chi connectivity index (χ3n) is 4.17. The molecule has 0 atom stereocenters. The monoisotopic (exact) mass is 289 g/mol. The molecule has 0 saturated heterocycles. The third kappa shape index (κ3) is 1.84. The van der Waals surface area contributed by atoms with Crippen LogP contribution in [0, 0.1) is 0 Å². The van der Waals surface area contributed by atoms with Crippen molar-refractivity contribution in [2.24, 2.45) is 0 Å². The van der Waals surface area contributed by atoms with Gasteiger partial charge in [-0.05, 0) is 30.2 Å². The van der Waals surface area contributed by atoms with Gasteiger partial charge in [-0.1, -0.05) is 36.9 Å². The Morgan fingerprint density at radius 1 is 1.27 bits per heavy atom. The molecule has 22 heavy (non-hydrogen) atoms. The van der Waals surface area contributed by atoms with Crippen LogP contribution in [0.5, 0.6) is 0 Å². The highest BCUT2D eigenvalue weighted by molar-refractivity contribution is 6.03. The van der Waals surface area contributed by atoms with Crippen LogP contribution in [0.25, 0.3) is 22.2 Å². The molecule has 0 bridgehead atoms. The molecule has 0 spiro atoms. The van der Waals surface area contributed by atoms with E-state index < -0.39 is 0 Å². The summed E-state index contributed by atoms with van der Waals surface area (Å²) in [6.45, 7) is 4.30. The molecule has 4 rings (SSSR count). The molecule has 1 aliphatic heterocycles. The van der Waals surface area contributed by atoms with Gasteiger partial charge in [0.2, 0.25) is 5.91 Å². The number of H-pyrrole nitrogens is 1. The molecule has 0 saturated carbocycles. The Morgan fingerprint density at radius 3 is 3.00 bits per heavy atom. The minimum atomic E-state index is -0.0530. The van der Waals surface area contributed by atoms with Crippen LogP contribution < -0.4 is 4.90 Å². The number of carbonyl (C=O) groups excluding carboxylic acids is 1. The van der Waals surface area contributed by atoms with E-state index in [2.05, 4.69) is 28.9 Å². The van der Waals surface area contributed by atoms with E-state index in [1.165, 1.54) is 11.6 Å². The number of rotatable bonds is 2. The van der Waals surface area contributed by atoms with E-state index in [0.29, 0.717) is 6.54 Å². The molecule has 4 heteroatoms. The standard InChI is InChI=1S/C18H15N3O/c1-2-17(22)21-10-9-12-7-8-13(11-16(12)21)18-14-5-3-4-6-15(14)19-20-18/h2-8,11H,1,9-10H2,(H,19,20). The fraction of sp³-hybridized carbons (Fsp3) is 0.111. The van der Waals surface area contributed by atoms with Crippen LogP contribution >= 0.6 is 0 Å². The number of nitrogens with zero attached hydrogens (tertiary/aromatic N) is 2. The third-order valence-corrected chi connectivity index (χ3v) is 4.17. The number of anilines is 1. The van der Waals surface area contributed by atoms with Crippen LogP contribution in [0.15, 0.2) is 55.1 Å². The van der Waals surface area contributed by atoms with E-state index in [0.717, 1.165) is 34.3 Å². The molecule has 1 aliphatic rings.